The number of anilines is 1. The molecule has 44 heavy (non-hydrogen) atoms. The minimum atomic E-state index is -0.236. The first-order valence-corrected chi connectivity index (χ1v) is 18.3. The van der Waals surface area contributed by atoms with Crippen molar-refractivity contribution in [3.63, 3.8) is 0 Å². The Bertz CT molecular complexity index is 1140. The van der Waals surface area contributed by atoms with Crippen LogP contribution >= 0.6 is 24.1 Å². The third kappa shape index (κ3) is 10.0. The van der Waals surface area contributed by atoms with E-state index in [2.05, 4.69) is 68.0 Å². The van der Waals surface area contributed by atoms with E-state index in [1.165, 1.54) is 81.2 Å². The maximum atomic E-state index is 13.8. The highest BCUT2D eigenvalue weighted by atomic mass is 32.2. The summed E-state index contributed by atoms with van der Waals surface area (Å²) in [6.07, 6.45) is 9.52. The molecule has 1 atom stereocenters. The molecule has 0 aromatic heterocycles. The van der Waals surface area contributed by atoms with Crippen molar-refractivity contribution in [2.24, 2.45) is 11.8 Å². The van der Waals surface area contributed by atoms with Crippen LogP contribution < -0.4 is 9.64 Å². The van der Waals surface area contributed by atoms with E-state index in [-0.39, 0.29) is 5.82 Å². The predicted molar refractivity (Wildman–Crippen MR) is 186 cm³/mol. The lowest BCUT2D eigenvalue weighted by atomic mass is 9.89. The van der Waals surface area contributed by atoms with Crippen LogP contribution in [-0.2, 0) is 0 Å². The number of methoxy groups -OCH3 is 1. The molecule has 0 amide bonds. The Morgan fingerprint density at radius 2 is 1.50 bits per heavy atom. The van der Waals surface area contributed by atoms with Gasteiger partial charge in [-0.15, -0.1) is 0 Å². The lowest BCUT2D eigenvalue weighted by molar-refractivity contribution is 0.182. The van der Waals surface area contributed by atoms with Gasteiger partial charge in [-0.2, -0.15) is 0 Å². The molecule has 3 fully saturated rings. The third-order valence-electron chi connectivity index (χ3n) is 9.34. The van der Waals surface area contributed by atoms with Gasteiger partial charge < -0.3 is 14.5 Å². The van der Waals surface area contributed by atoms with E-state index in [0.717, 1.165) is 50.7 Å². The summed E-state index contributed by atoms with van der Waals surface area (Å²) >= 11 is 3.86. The smallest absolute Gasteiger partial charge is 0.126 e. The van der Waals surface area contributed by atoms with Crippen LogP contribution in [0.3, 0.4) is 0 Å². The molecule has 244 valence electrons. The molecule has 0 radical (unpaired) electrons. The normalized spacial score (nSPS) is 23.1. The number of ether oxygens (including phenoxy) is 1. The molecule has 5 rings (SSSR count). The van der Waals surface area contributed by atoms with E-state index in [9.17, 15) is 4.39 Å². The molecule has 9 heteroatoms. The van der Waals surface area contributed by atoms with Crippen molar-refractivity contribution in [3.8, 4) is 5.75 Å². The fraction of sp³-hybridized carbons (Fsp3) is 0.657. The summed E-state index contributed by atoms with van der Waals surface area (Å²) in [6.45, 7) is 12.4. The fourth-order valence-corrected chi connectivity index (χ4v) is 9.36. The van der Waals surface area contributed by atoms with E-state index in [1.807, 2.05) is 30.1 Å². The van der Waals surface area contributed by atoms with Gasteiger partial charge in [0, 0.05) is 100 Å². The van der Waals surface area contributed by atoms with Gasteiger partial charge in [-0.1, -0.05) is 32.3 Å². The maximum absolute atomic E-state index is 13.8. The average Bonchev–Trinajstić information content (AvgIpc) is 2.98. The third-order valence-corrected chi connectivity index (χ3v) is 11.5. The van der Waals surface area contributed by atoms with Crippen LogP contribution in [0.5, 0.6) is 5.75 Å². The lowest BCUT2D eigenvalue weighted by Gasteiger charge is -2.42. The number of hydrogen-bond acceptors (Lipinski definition) is 8. The zero-order chi connectivity index (χ0) is 30.9. The first-order valence-electron chi connectivity index (χ1n) is 16.8. The van der Waals surface area contributed by atoms with Crippen molar-refractivity contribution in [1.82, 2.24) is 17.8 Å². The predicted octanol–water partition coefficient (Wildman–Crippen LogP) is 7.49. The summed E-state index contributed by atoms with van der Waals surface area (Å²) in [4.78, 5) is 6.28. The molecule has 0 N–H and O–H groups in total. The van der Waals surface area contributed by atoms with E-state index in [4.69, 9.17) is 4.74 Å². The SMILES string of the molecule is COc1cc(F)ccc1C1CN(SN2CCCN(CC3CCCCC3)CCCN(Sc3ccc(N(C)C)cc3)CC(C)C2)C1. The minimum absolute atomic E-state index is 0.236. The van der Waals surface area contributed by atoms with Crippen molar-refractivity contribution in [2.75, 3.05) is 85.0 Å². The molecule has 2 saturated heterocycles. The van der Waals surface area contributed by atoms with Gasteiger partial charge in [0.05, 0.1) is 7.11 Å². The van der Waals surface area contributed by atoms with Crippen LogP contribution in [0, 0.1) is 17.7 Å². The zero-order valence-electron chi connectivity index (χ0n) is 27.4. The maximum Gasteiger partial charge on any atom is 0.126 e. The molecule has 1 saturated carbocycles. The summed E-state index contributed by atoms with van der Waals surface area (Å²) < 4.78 is 27.0. The molecule has 2 aliphatic heterocycles. The Hall–Kier alpha value is -1.49. The number of nitrogens with zero attached hydrogens (tertiary/aromatic N) is 5. The van der Waals surface area contributed by atoms with Crippen LogP contribution in [0.4, 0.5) is 10.1 Å². The monoisotopic (exact) mass is 643 g/mol. The molecule has 2 heterocycles. The highest BCUT2D eigenvalue weighted by Gasteiger charge is 2.33. The Labute approximate surface area is 275 Å². The van der Waals surface area contributed by atoms with Crippen molar-refractivity contribution in [1.29, 1.82) is 0 Å². The molecule has 6 nitrogen and oxygen atoms in total. The highest BCUT2D eigenvalue weighted by molar-refractivity contribution is 7.97. The van der Waals surface area contributed by atoms with E-state index in [0.29, 0.717) is 17.6 Å². The van der Waals surface area contributed by atoms with Crippen molar-refractivity contribution < 1.29 is 9.13 Å². The second kappa shape index (κ2) is 16.9. The number of halogens is 1. The molecule has 0 bridgehead atoms. The molecule has 0 spiro atoms. The van der Waals surface area contributed by atoms with Gasteiger partial charge in [-0.3, -0.25) is 0 Å². The van der Waals surface area contributed by atoms with Crippen molar-refractivity contribution in [3.05, 3.63) is 53.8 Å². The van der Waals surface area contributed by atoms with Crippen LogP contribution in [-0.4, -0.2) is 97.9 Å². The average molecular weight is 644 g/mol. The summed E-state index contributed by atoms with van der Waals surface area (Å²) in [6, 6.07) is 14.0. The molecule has 2 aromatic rings. The minimum Gasteiger partial charge on any atom is -0.496 e. The van der Waals surface area contributed by atoms with Crippen LogP contribution in [0.15, 0.2) is 47.4 Å². The second-order valence-corrected chi connectivity index (χ2v) is 15.8. The van der Waals surface area contributed by atoms with Gasteiger partial charge in [0.2, 0.25) is 0 Å². The molecular weight excluding hydrogens is 590 g/mol. The fourth-order valence-electron chi connectivity index (χ4n) is 6.90. The molecular formula is C35H54FN5OS2. The van der Waals surface area contributed by atoms with Gasteiger partial charge in [-0.25, -0.2) is 17.3 Å². The topological polar surface area (TPSA) is 25.4 Å². The van der Waals surface area contributed by atoms with Gasteiger partial charge in [0.15, 0.2) is 0 Å². The molecule has 1 aliphatic carbocycles. The number of rotatable bonds is 9. The van der Waals surface area contributed by atoms with Crippen molar-refractivity contribution >= 4 is 29.8 Å². The van der Waals surface area contributed by atoms with Gasteiger partial charge in [0.1, 0.15) is 11.6 Å². The Morgan fingerprint density at radius 3 is 2.18 bits per heavy atom. The molecule has 1 unspecified atom stereocenters. The quantitative estimate of drug-likeness (QED) is 0.260. The summed E-state index contributed by atoms with van der Waals surface area (Å²) in [7, 11) is 5.84. The highest BCUT2D eigenvalue weighted by Crippen LogP contribution is 2.38. The number of hydrogen-bond donors (Lipinski definition) is 0. The second-order valence-electron chi connectivity index (χ2n) is 13.4. The largest absolute Gasteiger partial charge is 0.496 e. The number of benzene rings is 2. The standard InChI is InChI=1S/C35H54FN5OS2/c1-28-23-39(43-33-15-13-32(14-16-33)37(2)3)20-8-18-38(25-29-10-6-5-7-11-29)19-9-21-40(24-28)44-41-26-30(27-41)34-17-12-31(36)22-35(34)42-4/h12-17,22,28-30H,5-11,18-21,23-27H2,1-4H3. The summed E-state index contributed by atoms with van der Waals surface area (Å²) in [5.41, 5.74) is 2.37. The van der Waals surface area contributed by atoms with Crippen LogP contribution in [0.2, 0.25) is 0 Å². The Morgan fingerprint density at radius 1 is 0.818 bits per heavy atom. The van der Waals surface area contributed by atoms with Crippen LogP contribution in [0.25, 0.3) is 0 Å². The first-order chi connectivity index (χ1) is 21.4. The van der Waals surface area contributed by atoms with E-state index >= 15 is 0 Å². The Balaban J connectivity index is 1.22. The van der Waals surface area contributed by atoms with Crippen molar-refractivity contribution in [2.45, 2.75) is 62.7 Å². The van der Waals surface area contributed by atoms with E-state index < -0.39 is 0 Å². The Kier molecular flexibility index (Phi) is 13.0. The van der Waals surface area contributed by atoms with Gasteiger partial charge >= 0.3 is 0 Å². The zero-order valence-corrected chi connectivity index (χ0v) is 29.1. The first kappa shape index (κ1) is 33.9. The summed E-state index contributed by atoms with van der Waals surface area (Å²) in [5, 5.41) is 0. The lowest BCUT2D eigenvalue weighted by Crippen LogP contribution is -2.44. The van der Waals surface area contributed by atoms with E-state index in [1.54, 1.807) is 13.2 Å². The van der Waals surface area contributed by atoms with Gasteiger partial charge in [-0.05, 0) is 92.9 Å². The van der Waals surface area contributed by atoms with Crippen LogP contribution in [0.1, 0.15) is 63.4 Å². The molecule has 2 aromatic carbocycles. The van der Waals surface area contributed by atoms with Gasteiger partial charge in [0.25, 0.3) is 0 Å². The summed E-state index contributed by atoms with van der Waals surface area (Å²) in [5.74, 6) is 2.26. The molecule has 3 aliphatic rings.